The molecule has 2 atom stereocenters. The predicted molar refractivity (Wildman–Crippen MR) is 75.2 cm³/mol. The maximum atomic E-state index is 11.2. The fourth-order valence-corrected chi connectivity index (χ4v) is 4.42. The van der Waals surface area contributed by atoms with Gasteiger partial charge in [0.2, 0.25) is 0 Å². The van der Waals surface area contributed by atoms with Gasteiger partial charge in [-0.25, -0.2) is 0 Å². The van der Waals surface area contributed by atoms with Gasteiger partial charge < -0.3 is 15.9 Å². The van der Waals surface area contributed by atoms with Crippen molar-refractivity contribution in [1.82, 2.24) is 0 Å². The first-order chi connectivity index (χ1) is 9.13. The molecule has 0 radical (unpaired) electrons. The van der Waals surface area contributed by atoms with Crippen LogP contribution in [0.1, 0.15) is 49.7 Å². The summed E-state index contributed by atoms with van der Waals surface area (Å²) >= 11 is 0. The van der Waals surface area contributed by atoms with E-state index in [2.05, 4.69) is 6.07 Å². The second-order valence-corrected chi connectivity index (χ2v) is 6.16. The number of rotatable bonds is 2. The lowest BCUT2D eigenvalue weighted by molar-refractivity contribution is -0.0864. The third kappa shape index (κ3) is 1.72. The van der Waals surface area contributed by atoms with Crippen LogP contribution in [0.4, 0.5) is 0 Å². The number of hydrogen-bond acceptors (Lipinski definition) is 3. The van der Waals surface area contributed by atoms with Crippen LogP contribution in [-0.4, -0.2) is 22.4 Å². The Morgan fingerprint density at radius 1 is 1.16 bits per heavy atom. The van der Waals surface area contributed by atoms with Crippen molar-refractivity contribution in [2.45, 2.75) is 56.0 Å². The molecule has 0 aromatic heterocycles. The molecule has 1 aromatic rings. The van der Waals surface area contributed by atoms with Crippen molar-refractivity contribution < 1.29 is 10.2 Å². The lowest BCUT2D eigenvalue weighted by Crippen LogP contribution is -2.57. The molecule has 104 valence electrons. The van der Waals surface area contributed by atoms with E-state index in [1.165, 1.54) is 0 Å². The molecule has 0 heterocycles. The molecule has 0 aliphatic heterocycles. The van der Waals surface area contributed by atoms with Gasteiger partial charge in [-0.2, -0.15) is 0 Å². The molecule has 1 fully saturated rings. The Balaban J connectivity index is 2.18. The van der Waals surface area contributed by atoms with Crippen LogP contribution >= 0.6 is 0 Å². The maximum Gasteiger partial charge on any atom is 0.119 e. The van der Waals surface area contributed by atoms with E-state index in [4.69, 9.17) is 5.73 Å². The summed E-state index contributed by atoms with van der Waals surface area (Å²) in [4.78, 5) is 0. The van der Waals surface area contributed by atoms with Crippen molar-refractivity contribution in [3.63, 3.8) is 0 Å². The van der Waals surface area contributed by atoms with Crippen molar-refractivity contribution in [2.24, 2.45) is 5.73 Å². The standard InChI is InChI=1S/C16H23NO2/c17-11-10-15-7-1-2-8-16(15,19)9-6-12-13(15)4-3-5-14(12)18/h3-5,18-19H,1-2,6-11,17H2/t15-,16+/m1/s1. The number of aliphatic hydroxyl groups is 1. The summed E-state index contributed by atoms with van der Waals surface area (Å²) in [5.74, 6) is 0.376. The fourth-order valence-electron chi connectivity index (χ4n) is 4.42. The SMILES string of the molecule is NCC[C@@]12CCCC[C@]1(O)CCc1c(O)cccc12. The van der Waals surface area contributed by atoms with Gasteiger partial charge in [-0.3, -0.25) is 0 Å². The van der Waals surface area contributed by atoms with Crippen molar-refractivity contribution in [2.75, 3.05) is 6.54 Å². The molecule has 1 aromatic carbocycles. The minimum Gasteiger partial charge on any atom is -0.508 e. The Bertz CT molecular complexity index is 484. The Kier molecular flexibility index (Phi) is 3.06. The number of hydrogen-bond donors (Lipinski definition) is 3. The van der Waals surface area contributed by atoms with E-state index < -0.39 is 5.60 Å². The van der Waals surface area contributed by atoms with E-state index >= 15 is 0 Å². The summed E-state index contributed by atoms with van der Waals surface area (Å²) in [6, 6.07) is 5.73. The molecular weight excluding hydrogens is 238 g/mol. The molecule has 0 bridgehead atoms. The van der Waals surface area contributed by atoms with Crippen LogP contribution in [0.3, 0.4) is 0 Å². The van der Waals surface area contributed by atoms with E-state index in [1.807, 2.05) is 6.07 Å². The van der Waals surface area contributed by atoms with E-state index in [0.29, 0.717) is 12.3 Å². The highest BCUT2D eigenvalue weighted by atomic mass is 16.3. The monoisotopic (exact) mass is 261 g/mol. The Labute approximate surface area is 114 Å². The van der Waals surface area contributed by atoms with Crippen LogP contribution in [0.5, 0.6) is 5.75 Å². The van der Waals surface area contributed by atoms with E-state index in [9.17, 15) is 10.2 Å². The molecule has 2 aliphatic carbocycles. The lowest BCUT2D eigenvalue weighted by atomic mass is 9.53. The minimum absolute atomic E-state index is 0.244. The summed E-state index contributed by atoms with van der Waals surface area (Å²) in [6.07, 6.45) is 6.40. The predicted octanol–water partition coefficient (Wildman–Crippen LogP) is 2.23. The molecule has 0 saturated heterocycles. The van der Waals surface area contributed by atoms with Gasteiger partial charge in [0.15, 0.2) is 0 Å². The fraction of sp³-hybridized carbons (Fsp3) is 0.625. The first-order valence-corrected chi connectivity index (χ1v) is 7.37. The van der Waals surface area contributed by atoms with Crippen molar-refractivity contribution >= 4 is 0 Å². The molecule has 2 aliphatic rings. The lowest BCUT2D eigenvalue weighted by Gasteiger charge is -2.54. The zero-order chi connectivity index (χ0) is 13.5. The van der Waals surface area contributed by atoms with Crippen LogP contribution in [0.25, 0.3) is 0 Å². The molecule has 4 N–H and O–H groups in total. The molecule has 0 spiro atoms. The first kappa shape index (κ1) is 12.9. The van der Waals surface area contributed by atoms with Gasteiger partial charge in [0.1, 0.15) is 5.75 Å². The number of nitrogens with two attached hydrogens (primary N) is 1. The summed E-state index contributed by atoms with van der Waals surface area (Å²) in [6.45, 7) is 0.581. The zero-order valence-electron chi connectivity index (χ0n) is 11.4. The van der Waals surface area contributed by atoms with Gasteiger partial charge in [-0.05, 0) is 55.8 Å². The van der Waals surface area contributed by atoms with Crippen molar-refractivity contribution in [3.05, 3.63) is 29.3 Å². The normalized spacial score (nSPS) is 33.6. The summed E-state index contributed by atoms with van der Waals surface area (Å²) in [5.41, 5.74) is 7.14. The Morgan fingerprint density at radius 3 is 2.74 bits per heavy atom. The van der Waals surface area contributed by atoms with Crippen LogP contribution in [-0.2, 0) is 11.8 Å². The highest BCUT2D eigenvalue weighted by molar-refractivity contribution is 5.48. The molecule has 19 heavy (non-hydrogen) atoms. The van der Waals surface area contributed by atoms with E-state index in [1.54, 1.807) is 6.07 Å². The molecule has 3 heteroatoms. The second kappa shape index (κ2) is 4.50. The number of benzene rings is 1. The number of phenols is 1. The van der Waals surface area contributed by atoms with Gasteiger partial charge in [-0.15, -0.1) is 0 Å². The largest absolute Gasteiger partial charge is 0.508 e. The molecule has 3 rings (SSSR count). The summed E-state index contributed by atoms with van der Waals surface area (Å²) in [7, 11) is 0. The molecule has 0 unspecified atom stereocenters. The second-order valence-electron chi connectivity index (χ2n) is 6.16. The van der Waals surface area contributed by atoms with Gasteiger partial charge in [0.05, 0.1) is 5.60 Å². The minimum atomic E-state index is -0.634. The quantitative estimate of drug-likeness (QED) is 0.765. The summed E-state index contributed by atoms with van der Waals surface area (Å²) < 4.78 is 0. The topological polar surface area (TPSA) is 66.5 Å². The van der Waals surface area contributed by atoms with Gasteiger partial charge in [0.25, 0.3) is 0 Å². The molecular formula is C16H23NO2. The summed E-state index contributed by atoms with van der Waals surface area (Å²) in [5, 5.41) is 21.3. The molecule has 1 saturated carbocycles. The third-order valence-electron chi connectivity index (χ3n) is 5.36. The van der Waals surface area contributed by atoms with Crippen LogP contribution < -0.4 is 5.73 Å². The van der Waals surface area contributed by atoms with Gasteiger partial charge >= 0.3 is 0 Å². The number of fused-ring (bicyclic) bond motifs is 3. The van der Waals surface area contributed by atoms with Crippen LogP contribution in [0, 0.1) is 0 Å². The molecule has 3 nitrogen and oxygen atoms in total. The third-order valence-corrected chi connectivity index (χ3v) is 5.36. The molecule has 0 amide bonds. The van der Waals surface area contributed by atoms with Crippen molar-refractivity contribution in [1.29, 1.82) is 0 Å². The highest BCUT2D eigenvalue weighted by Gasteiger charge is 2.54. The Morgan fingerprint density at radius 2 is 1.95 bits per heavy atom. The van der Waals surface area contributed by atoms with Crippen LogP contribution in [0.15, 0.2) is 18.2 Å². The zero-order valence-corrected chi connectivity index (χ0v) is 11.4. The average molecular weight is 261 g/mol. The highest BCUT2D eigenvalue weighted by Crippen LogP contribution is 2.55. The van der Waals surface area contributed by atoms with E-state index in [0.717, 1.165) is 56.1 Å². The smallest absolute Gasteiger partial charge is 0.119 e. The number of phenolic OH excluding ortho intramolecular Hbond substituents is 1. The van der Waals surface area contributed by atoms with Gasteiger partial charge in [-0.1, -0.05) is 25.0 Å². The average Bonchev–Trinajstić information content (AvgIpc) is 2.40. The number of aromatic hydroxyl groups is 1. The van der Waals surface area contributed by atoms with E-state index in [-0.39, 0.29) is 5.41 Å². The van der Waals surface area contributed by atoms with Crippen molar-refractivity contribution in [3.8, 4) is 5.75 Å². The Hall–Kier alpha value is -1.06. The van der Waals surface area contributed by atoms with Crippen LogP contribution in [0.2, 0.25) is 0 Å². The first-order valence-electron chi connectivity index (χ1n) is 7.37. The maximum absolute atomic E-state index is 11.2. The van der Waals surface area contributed by atoms with Gasteiger partial charge in [0, 0.05) is 5.41 Å².